The average Bonchev–Trinajstić information content (AvgIpc) is 2.67. The Labute approximate surface area is 158 Å². The van der Waals surface area contributed by atoms with Crippen LogP contribution in [-0.2, 0) is 9.53 Å². The first-order valence-electron chi connectivity index (χ1n) is 7.75. The van der Waals surface area contributed by atoms with Crippen molar-refractivity contribution >= 4 is 17.4 Å². The molecule has 1 N–H and O–H groups in total. The Bertz CT molecular complexity index is 992. The Morgan fingerprint density at radius 3 is 2.00 bits per heavy atom. The van der Waals surface area contributed by atoms with Crippen LogP contribution in [0.4, 0.5) is 36.4 Å². The maximum Gasteiger partial charge on any atom is 0.343 e. The third-order valence-electron chi connectivity index (χ3n) is 3.48. The second-order valence-electron chi connectivity index (χ2n) is 5.32. The lowest BCUT2D eigenvalue weighted by Crippen LogP contribution is -2.21. The largest absolute Gasteiger partial charge is 0.462 e. The number of Topliss-reactive ketones (excluding diaryl/α,β-unsaturated/α-hetero) is 1. The molecule has 0 bridgehead atoms. The number of hydrogen-bond acceptors (Lipinski definition) is 4. The van der Waals surface area contributed by atoms with Crippen molar-refractivity contribution in [2.45, 2.75) is 6.92 Å². The molecule has 2 rings (SSSR count). The molecule has 0 saturated heterocycles. The molecule has 0 saturated carbocycles. The molecule has 2 aromatic carbocycles. The summed E-state index contributed by atoms with van der Waals surface area (Å²) < 4.78 is 98.8. The summed E-state index contributed by atoms with van der Waals surface area (Å²) in [6.45, 7) is 0.997. The van der Waals surface area contributed by atoms with Gasteiger partial charge in [-0.05, 0) is 19.1 Å². The van der Waals surface area contributed by atoms with Gasteiger partial charge in [0.2, 0.25) is 11.6 Å². The second kappa shape index (κ2) is 8.76. The maximum atomic E-state index is 13.9. The summed E-state index contributed by atoms with van der Waals surface area (Å²) in [5, 5.41) is 2.08. The van der Waals surface area contributed by atoms with Crippen molar-refractivity contribution in [1.82, 2.24) is 0 Å². The number of ketones is 1. The highest BCUT2D eigenvalue weighted by molar-refractivity contribution is 6.24. The van der Waals surface area contributed by atoms with Gasteiger partial charge in [0, 0.05) is 12.3 Å². The van der Waals surface area contributed by atoms with Gasteiger partial charge in [-0.3, -0.25) is 4.79 Å². The summed E-state index contributed by atoms with van der Waals surface area (Å²) in [5.74, 6) is -17.7. The van der Waals surface area contributed by atoms with Crippen LogP contribution in [0.15, 0.2) is 30.0 Å². The predicted octanol–water partition coefficient (Wildman–Crippen LogP) is 4.40. The van der Waals surface area contributed by atoms with Gasteiger partial charge in [0.25, 0.3) is 0 Å². The minimum atomic E-state index is -2.50. The smallest absolute Gasteiger partial charge is 0.343 e. The number of carbonyl (C=O) groups excluding carboxylic acids is 2. The molecule has 0 aromatic heterocycles. The minimum absolute atomic E-state index is 0.314. The molecule has 0 heterocycles. The van der Waals surface area contributed by atoms with E-state index in [1.54, 1.807) is 0 Å². The van der Waals surface area contributed by atoms with Crippen LogP contribution in [0, 0.1) is 40.7 Å². The van der Waals surface area contributed by atoms with Crippen molar-refractivity contribution in [2.75, 3.05) is 11.9 Å². The SMILES string of the molecule is CCOC(=O)/C(=C\Nc1ccc(F)cc1F)C(=O)c1c(F)c(F)c(F)c(F)c1F. The monoisotopic (exact) mass is 421 g/mol. The number of nitrogens with one attached hydrogen (secondary N) is 1. The number of rotatable bonds is 6. The van der Waals surface area contributed by atoms with Crippen LogP contribution in [0.5, 0.6) is 0 Å². The Hall–Kier alpha value is -3.37. The Morgan fingerprint density at radius 2 is 1.48 bits per heavy atom. The van der Waals surface area contributed by atoms with Crippen molar-refractivity contribution < 1.29 is 45.1 Å². The van der Waals surface area contributed by atoms with Gasteiger partial charge in [-0.25, -0.2) is 35.5 Å². The molecule has 0 fully saturated rings. The molecule has 0 radical (unpaired) electrons. The molecule has 154 valence electrons. The summed E-state index contributed by atoms with van der Waals surface area (Å²) in [6.07, 6.45) is 0.439. The van der Waals surface area contributed by atoms with Crippen LogP contribution < -0.4 is 5.32 Å². The van der Waals surface area contributed by atoms with E-state index in [1.807, 2.05) is 0 Å². The molecule has 0 aliphatic carbocycles. The van der Waals surface area contributed by atoms with Crippen LogP contribution in [-0.4, -0.2) is 18.4 Å². The van der Waals surface area contributed by atoms with Gasteiger partial charge in [0.15, 0.2) is 23.3 Å². The van der Waals surface area contributed by atoms with Crippen molar-refractivity contribution in [3.63, 3.8) is 0 Å². The number of esters is 1. The topological polar surface area (TPSA) is 55.4 Å². The second-order valence-corrected chi connectivity index (χ2v) is 5.32. The third-order valence-corrected chi connectivity index (χ3v) is 3.48. The highest BCUT2D eigenvalue weighted by Gasteiger charge is 2.33. The molecule has 29 heavy (non-hydrogen) atoms. The van der Waals surface area contributed by atoms with E-state index in [1.165, 1.54) is 6.92 Å². The predicted molar refractivity (Wildman–Crippen MR) is 85.3 cm³/mol. The highest BCUT2D eigenvalue weighted by Crippen LogP contribution is 2.26. The van der Waals surface area contributed by atoms with Crippen molar-refractivity contribution in [2.24, 2.45) is 0 Å². The quantitative estimate of drug-likeness (QED) is 0.110. The van der Waals surface area contributed by atoms with Crippen LogP contribution in [0.2, 0.25) is 0 Å². The molecule has 0 unspecified atom stereocenters. The minimum Gasteiger partial charge on any atom is -0.462 e. The van der Waals surface area contributed by atoms with Gasteiger partial charge < -0.3 is 10.1 Å². The number of hydrogen-bond donors (Lipinski definition) is 1. The summed E-state index contributed by atoms with van der Waals surface area (Å²) in [6, 6.07) is 2.13. The van der Waals surface area contributed by atoms with E-state index in [4.69, 9.17) is 0 Å². The molecule has 4 nitrogen and oxygen atoms in total. The number of halogens is 7. The Morgan fingerprint density at radius 1 is 0.931 bits per heavy atom. The summed E-state index contributed by atoms with van der Waals surface area (Å²) in [4.78, 5) is 24.3. The fourth-order valence-corrected chi connectivity index (χ4v) is 2.12. The van der Waals surface area contributed by atoms with Gasteiger partial charge in [-0.1, -0.05) is 0 Å². The van der Waals surface area contributed by atoms with E-state index < -0.39 is 69.3 Å². The Kier molecular flexibility index (Phi) is 6.62. The fourth-order valence-electron chi connectivity index (χ4n) is 2.12. The van der Waals surface area contributed by atoms with Crippen molar-refractivity contribution in [3.05, 3.63) is 76.3 Å². The summed E-state index contributed by atoms with van der Waals surface area (Å²) >= 11 is 0. The molecule has 11 heteroatoms. The van der Waals surface area contributed by atoms with Gasteiger partial charge in [0.05, 0.1) is 12.3 Å². The summed E-state index contributed by atoms with van der Waals surface area (Å²) in [5.41, 5.74) is -3.56. The van der Waals surface area contributed by atoms with E-state index in [9.17, 15) is 40.3 Å². The number of benzene rings is 2. The standard InChI is InChI=1S/C18H10F7NO3/c1-2-29-18(28)8(6-26-10-4-3-7(19)5-9(10)20)17(27)11-12(21)14(23)16(25)15(24)13(11)22/h3-6,26H,2H2,1H3/b8-6-. The third kappa shape index (κ3) is 4.39. The Balaban J connectivity index is 2.56. The van der Waals surface area contributed by atoms with Crippen molar-refractivity contribution in [3.8, 4) is 0 Å². The zero-order valence-electron chi connectivity index (χ0n) is 14.4. The molecular formula is C18H10F7NO3. The first-order valence-corrected chi connectivity index (χ1v) is 7.75. The molecule has 0 atom stereocenters. The number of anilines is 1. The van der Waals surface area contributed by atoms with Gasteiger partial charge in [-0.2, -0.15) is 0 Å². The molecule has 0 aliphatic heterocycles. The van der Waals surface area contributed by atoms with E-state index >= 15 is 0 Å². The van der Waals surface area contributed by atoms with Gasteiger partial charge in [0.1, 0.15) is 22.8 Å². The fraction of sp³-hybridized carbons (Fsp3) is 0.111. The van der Waals surface area contributed by atoms with E-state index in [2.05, 4.69) is 10.1 Å². The molecule has 0 spiro atoms. The van der Waals surface area contributed by atoms with E-state index in [0.717, 1.165) is 12.1 Å². The lowest BCUT2D eigenvalue weighted by atomic mass is 10.0. The first-order chi connectivity index (χ1) is 13.6. The van der Waals surface area contributed by atoms with Crippen LogP contribution >= 0.6 is 0 Å². The zero-order valence-corrected chi connectivity index (χ0v) is 14.4. The van der Waals surface area contributed by atoms with Crippen molar-refractivity contribution in [1.29, 1.82) is 0 Å². The lowest BCUT2D eigenvalue weighted by molar-refractivity contribution is -0.138. The van der Waals surface area contributed by atoms with Crippen LogP contribution in [0.25, 0.3) is 0 Å². The van der Waals surface area contributed by atoms with Gasteiger partial charge in [-0.15, -0.1) is 0 Å². The molecule has 0 amide bonds. The zero-order chi connectivity index (χ0) is 21.9. The number of carbonyl (C=O) groups is 2. The number of ether oxygens (including phenoxy) is 1. The van der Waals surface area contributed by atoms with E-state index in [0.29, 0.717) is 12.3 Å². The molecule has 0 aliphatic rings. The van der Waals surface area contributed by atoms with Crippen LogP contribution in [0.1, 0.15) is 17.3 Å². The molecule has 2 aromatic rings. The van der Waals surface area contributed by atoms with Crippen LogP contribution in [0.3, 0.4) is 0 Å². The maximum absolute atomic E-state index is 13.9. The normalized spacial score (nSPS) is 11.4. The van der Waals surface area contributed by atoms with E-state index in [-0.39, 0.29) is 6.61 Å². The molecular weight excluding hydrogens is 411 g/mol. The first kappa shape index (κ1) is 21.9. The highest BCUT2D eigenvalue weighted by atomic mass is 19.2. The average molecular weight is 421 g/mol. The van der Waals surface area contributed by atoms with Gasteiger partial charge >= 0.3 is 5.97 Å². The summed E-state index contributed by atoms with van der Waals surface area (Å²) in [7, 11) is 0. The lowest BCUT2D eigenvalue weighted by Gasteiger charge is -2.11.